The smallest absolute Gasteiger partial charge is 0.237 e. The monoisotopic (exact) mass is 343 g/mol. The fraction of sp³-hybridized carbons (Fsp3) is 0.923. The van der Waals surface area contributed by atoms with Crippen molar-refractivity contribution in [3.8, 4) is 0 Å². The standard InChI is InChI=1S/C13H25N3OS.2ClH/c1-18-10-8-15-13(17)12-3-2-9-16(12)11-4-6-14-7-5-11;;/h11-12,14H,2-10H2,1H3,(H,15,17);2*1H/t12-;;/m0../s1. The number of carbonyl (C=O) groups is 1. The molecule has 2 aliphatic heterocycles. The molecule has 4 nitrogen and oxygen atoms in total. The maximum atomic E-state index is 12.2. The van der Waals surface area contributed by atoms with Gasteiger partial charge in [-0.05, 0) is 51.6 Å². The molecule has 0 radical (unpaired) electrons. The minimum atomic E-state index is 0. The summed E-state index contributed by atoms with van der Waals surface area (Å²) in [7, 11) is 0. The topological polar surface area (TPSA) is 44.4 Å². The molecule has 2 rings (SSSR count). The van der Waals surface area contributed by atoms with Gasteiger partial charge in [-0.3, -0.25) is 9.69 Å². The van der Waals surface area contributed by atoms with Gasteiger partial charge in [0.2, 0.25) is 5.91 Å². The number of thioether (sulfide) groups is 1. The highest BCUT2D eigenvalue weighted by molar-refractivity contribution is 7.98. The fourth-order valence-corrected chi connectivity index (χ4v) is 3.35. The van der Waals surface area contributed by atoms with Gasteiger partial charge in [0.15, 0.2) is 0 Å². The number of nitrogens with zero attached hydrogens (tertiary/aromatic N) is 1. The molecule has 0 aromatic carbocycles. The molecule has 0 aromatic heterocycles. The molecule has 20 heavy (non-hydrogen) atoms. The molecule has 2 aliphatic rings. The number of amides is 1. The summed E-state index contributed by atoms with van der Waals surface area (Å²) < 4.78 is 0. The lowest BCUT2D eigenvalue weighted by Gasteiger charge is -2.35. The Balaban J connectivity index is 0.00000180. The zero-order valence-electron chi connectivity index (χ0n) is 12.1. The maximum absolute atomic E-state index is 12.2. The predicted molar refractivity (Wildman–Crippen MR) is 91.5 cm³/mol. The second kappa shape index (κ2) is 11.0. The highest BCUT2D eigenvalue weighted by atomic mass is 35.5. The SMILES string of the molecule is CSCCNC(=O)[C@@H]1CCCN1C1CCNCC1.Cl.Cl. The van der Waals surface area contributed by atoms with Crippen LogP contribution in [0.5, 0.6) is 0 Å². The van der Waals surface area contributed by atoms with E-state index in [2.05, 4.69) is 21.8 Å². The molecule has 0 aliphatic carbocycles. The highest BCUT2D eigenvalue weighted by Crippen LogP contribution is 2.24. The van der Waals surface area contributed by atoms with E-state index in [0.29, 0.717) is 6.04 Å². The average Bonchev–Trinajstić information content (AvgIpc) is 2.89. The van der Waals surface area contributed by atoms with Crippen LogP contribution in [0.25, 0.3) is 0 Å². The van der Waals surface area contributed by atoms with Crippen LogP contribution in [-0.2, 0) is 4.79 Å². The number of piperidine rings is 1. The van der Waals surface area contributed by atoms with Gasteiger partial charge in [-0.1, -0.05) is 0 Å². The van der Waals surface area contributed by atoms with Crippen molar-refractivity contribution in [1.29, 1.82) is 0 Å². The normalized spacial score (nSPS) is 23.8. The van der Waals surface area contributed by atoms with E-state index in [-0.39, 0.29) is 36.8 Å². The fourth-order valence-electron chi connectivity index (χ4n) is 3.04. The Morgan fingerprint density at radius 3 is 2.65 bits per heavy atom. The molecule has 0 aromatic rings. The third-order valence-electron chi connectivity index (χ3n) is 3.98. The Hall–Kier alpha value is 0.320. The summed E-state index contributed by atoms with van der Waals surface area (Å²) in [5, 5.41) is 6.47. The van der Waals surface area contributed by atoms with E-state index >= 15 is 0 Å². The molecule has 2 N–H and O–H groups in total. The number of rotatable bonds is 5. The van der Waals surface area contributed by atoms with E-state index in [1.807, 2.05) is 0 Å². The maximum Gasteiger partial charge on any atom is 0.237 e. The first kappa shape index (κ1) is 20.3. The molecule has 7 heteroatoms. The van der Waals surface area contributed by atoms with Crippen LogP contribution in [0.15, 0.2) is 0 Å². The molecule has 120 valence electrons. The first-order valence-electron chi connectivity index (χ1n) is 7.06. The van der Waals surface area contributed by atoms with Crippen LogP contribution in [0.2, 0.25) is 0 Å². The first-order chi connectivity index (χ1) is 8.83. The Morgan fingerprint density at radius 2 is 2.00 bits per heavy atom. The molecule has 0 unspecified atom stereocenters. The van der Waals surface area contributed by atoms with Crippen molar-refractivity contribution in [2.24, 2.45) is 0 Å². The molecule has 0 spiro atoms. The quantitative estimate of drug-likeness (QED) is 0.743. The van der Waals surface area contributed by atoms with Gasteiger partial charge in [0.25, 0.3) is 0 Å². The molecule has 1 atom stereocenters. The second-order valence-corrected chi connectivity index (χ2v) is 6.15. The van der Waals surface area contributed by atoms with Gasteiger partial charge in [0.05, 0.1) is 6.04 Å². The van der Waals surface area contributed by atoms with Gasteiger partial charge in [0, 0.05) is 18.3 Å². The summed E-state index contributed by atoms with van der Waals surface area (Å²) in [4.78, 5) is 14.6. The predicted octanol–water partition coefficient (Wildman–Crippen LogP) is 1.53. The van der Waals surface area contributed by atoms with E-state index < -0.39 is 0 Å². The highest BCUT2D eigenvalue weighted by Gasteiger charge is 2.35. The van der Waals surface area contributed by atoms with E-state index in [1.54, 1.807) is 11.8 Å². The molecule has 0 saturated carbocycles. The minimum absolute atomic E-state index is 0. The molecule has 1 amide bonds. The zero-order valence-corrected chi connectivity index (χ0v) is 14.5. The molecule has 0 bridgehead atoms. The Morgan fingerprint density at radius 1 is 1.30 bits per heavy atom. The van der Waals surface area contributed by atoms with Gasteiger partial charge in [-0.25, -0.2) is 0 Å². The van der Waals surface area contributed by atoms with Crippen molar-refractivity contribution in [2.75, 3.05) is 38.2 Å². The zero-order chi connectivity index (χ0) is 12.8. The molecular formula is C13H27Cl2N3OS. The summed E-state index contributed by atoms with van der Waals surface area (Å²) in [5.41, 5.74) is 0. The van der Waals surface area contributed by atoms with Crippen molar-refractivity contribution >= 4 is 42.5 Å². The van der Waals surface area contributed by atoms with Crippen LogP contribution in [0.1, 0.15) is 25.7 Å². The van der Waals surface area contributed by atoms with Gasteiger partial charge in [-0.15, -0.1) is 24.8 Å². The molecule has 2 heterocycles. The summed E-state index contributed by atoms with van der Waals surface area (Å²) >= 11 is 1.78. The van der Waals surface area contributed by atoms with Crippen molar-refractivity contribution in [2.45, 2.75) is 37.8 Å². The number of hydrogen-bond acceptors (Lipinski definition) is 4. The molecule has 2 fully saturated rings. The molecular weight excluding hydrogens is 317 g/mol. The minimum Gasteiger partial charge on any atom is -0.354 e. The summed E-state index contributed by atoms with van der Waals surface area (Å²) in [6.07, 6.45) is 6.66. The summed E-state index contributed by atoms with van der Waals surface area (Å²) in [6, 6.07) is 0.750. The van der Waals surface area contributed by atoms with E-state index in [0.717, 1.165) is 38.4 Å². The Labute approximate surface area is 139 Å². The van der Waals surface area contributed by atoms with Crippen molar-refractivity contribution in [3.63, 3.8) is 0 Å². The van der Waals surface area contributed by atoms with Gasteiger partial charge >= 0.3 is 0 Å². The number of halogens is 2. The number of hydrogen-bond donors (Lipinski definition) is 2. The van der Waals surface area contributed by atoms with E-state index in [1.165, 1.54) is 19.3 Å². The molecule has 2 saturated heterocycles. The third kappa shape index (κ3) is 5.60. The summed E-state index contributed by atoms with van der Waals surface area (Å²) in [6.45, 7) is 4.10. The van der Waals surface area contributed by atoms with Crippen LogP contribution in [-0.4, -0.2) is 61.1 Å². The van der Waals surface area contributed by atoms with Crippen LogP contribution in [0, 0.1) is 0 Å². The summed E-state index contributed by atoms with van der Waals surface area (Å²) in [5.74, 6) is 1.26. The lowest BCUT2D eigenvalue weighted by Crippen LogP contribution is -2.51. The van der Waals surface area contributed by atoms with Crippen LogP contribution in [0.3, 0.4) is 0 Å². The Bertz CT molecular complexity index is 278. The van der Waals surface area contributed by atoms with Crippen molar-refractivity contribution < 1.29 is 4.79 Å². The number of nitrogens with one attached hydrogen (secondary N) is 2. The second-order valence-electron chi connectivity index (χ2n) is 5.16. The van der Waals surface area contributed by atoms with Crippen LogP contribution < -0.4 is 10.6 Å². The van der Waals surface area contributed by atoms with Gasteiger partial charge in [0.1, 0.15) is 0 Å². The lowest BCUT2D eigenvalue weighted by atomic mass is 10.0. The van der Waals surface area contributed by atoms with E-state index in [4.69, 9.17) is 0 Å². The average molecular weight is 344 g/mol. The van der Waals surface area contributed by atoms with Crippen molar-refractivity contribution in [1.82, 2.24) is 15.5 Å². The van der Waals surface area contributed by atoms with Crippen molar-refractivity contribution in [3.05, 3.63) is 0 Å². The number of likely N-dealkylation sites (tertiary alicyclic amines) is 1. The third-order valence-corrected chi connectivity index (χ3v) is 4.59. The lowest BCUT2D eigenvalue weighted by molar-refractivity contribution is -0.126. The Kier molecular flexibility index (Phi) is 11.1. The first-order valence-corrected chi connectivity index (χ1v) is 8.45. The largest absolute Gasteiger partial charge is 0.354 e. The number of carbonyl (C=O) groups excluding carboxylic acids is 1. The van der Waals surface area contributed by atoms with Gasteiger partial charge in [-0.2, -0.15) is 11.8 Å². The van der Waals surface area contributed by atoms with Crippen LogP contribution in [0.4, 0.5) is 0 Å². The van der Waals surface area contributed by atoms with E-state index in [9.17, 15) is 4.79 Å². The van der Waals surface area contributed by atoms with Crippen LogP contribution >= 0.6 is 36.6 Å². The van der Waals surface area contributed by atoms with Gasteiger partial charge < -0.3 is 10.6 Å².